The molecule has 1 heterocycles. The molecule has 44 heavy (non-hydrogen) atoms. The Morgan fingerprint density at radius 1 is 0.977 bits per heavy atom. The minimum absolute atomic E-state index is 0.0318. The minimum atomic E-state index is -1.28. The molecule has 1 saturated heterocycles. The molecule has 1 saturated carbocycles. The van der Waals surface area contributed by atoms with Crippen LogP contribution in [0.1, 0.15) is 82.4 Å². The number of amides is 3. The zero-order chi connectivity index (χ0) is 31.9. The highest BCUT2D eigenvalue weighted by atomic mass is 35.5. The lowest BCUT2D eigenvalue weighted by Gasteiger charge is -2.36. The molecule has 2 unspecified atom stereocenters. The molecule has 0 radical (unpaired) electrons. The van der Waals surface area contributed by atoms with Crippen LogP contribution in [-0.4, -0.2) is 47.6 Å². The smallest absolute Gasteiger partial charge is 0.408 e. The number of hydrogen-bond acceptors (Lipinski definition) is 5. The van der Waals surface area contributed by atoms with Crippen molar-refractivity contribution in [3.05, 3.63) is 69.7 Å². The SMILES string of the molecule is CC(C)(c1cccc(Cl)c1)C(OC(=O)N[C@@H](CC1CCCCC1)C(=O)N[C@@H](CC1CCNC1=O)C(=O)O)c1ccccc1Cl. The molecular formula is C33H41Cl2N3O6. The summed E-state index contributed by atoms with van der Waals surface area (Å²) in [5, 5.41) is 18.8. The fourth-order valence-electron chi connectivity index (χ4n) is 6.25. The molecule has 238 valence electrons. The largest absolute Gasteiger partial charge is 0.480 e. The van der Waals surface area contributed by atoms with Crippen LogP contribution in [0.5, 0.6) is 0 Å². The molecule has 2 aliphatic rings. The van der Waals surface area contributed by atoms with Gasteiger partial charge in [-0.2, -0.15) is 0 Å². The number of benzene rings is 2. The van der Waals surface area contributed by atoms with E-state index in [1.54, 1.807) is 30.3 Å². The van der Waals surface area contributed by atoms with E-state index in [0.717, 1.165) is 37.7 Å². The van der Waals surface area contributed by atoms with Gasteiger partial charge in [-0.15, -0.1) is 0 Å². The van der Waals surface area contributed by atoms with E-state index in [2.05, 4.69) is 16.0 Å². The van der Waals surface area contributed by atoms with Crippen molar-refractivity contribution in [1.82, 2.24) is 16.0 Å². The first-order valence-corrected chi connectivity index (χ1v) is 16.0. The Balaban J connectivity index is 1.57. The van der Waals surface area contributed by atoms with Crippen LogP contribution in [0.25, 0.3) is 0 Å². The zero-order valence-electron chi connectivity index (χ0n) is 25.1. The second-order valence-corrected chi connectivity index (χ2v) is 13.2. The Morgan fingerprint density at radius 3 is 2.34 bits per heavy atom. The third-order valence-corrected chi connectivity index (χ3v) is 9.42. The molecular weight excluding hydrogens is 605 g/mol. The van der Waals surface area contributed by atoms with Gasteiger partial charge in [0.25, 0.3) is 0 Å². The van der Waals surface area contributed by atoms with E-state index in [-0.39, 0.29) is 18.2 Å². The van der Waals surface area contributed by atoms with E-state index in [1.165, 1.54) is 0 Å². The van der Waals surface area contributed by atoms with Crippen LogP contribution in [0, 0.1) is 11.8 Å². The lowest BCUT2D eigenvalue weighted by atomic mass is 9.76. The summed E-state index contributed by atoms with van der Waals surface area (Å²) in [6.45, 7) is 4.31. The summed E-state index contributed by atoms with van der Waals surface area (Å²) < 4.78 is 6.09. The predicted molar refractivity (Wildman–Crippen MR) is 169 cm³/mol. The maximum atomic E-state index is 13.6. The Bertz CT molecular complexity index is 1350. The van der Waals surface area contributed by atoms with Crippen molar-refractivity contribution >= 4 is 47.1 Å². The van der Waals surface area contributed by atoms with Crippen molar-refractivity contribution < 1.29 is 29.0 Å². The molecule has 2 aromatic rings. The quantitative estimate of drug-likeness (QED) is 0.218. The van der Waals surface area contributed by atoms with Crippen LogP contribution in [0.2, 0.25) is 10.0 Å². The van der Waals surface area contributed by atoms with Gasteiger partial charge in [0.2, 0.25) is 11.8 Å². The number of halogens is 2. The van der Waals surface area contributed by atoms with E-state index in [0.29, 0.717) is 35.0 Å². The van der Waals surface area contributed by atoms with E-state index >= 15 is 0 Å². The minimum Gasteiger partial charge on any atom is -0.480 e. The van der Waals surface area contributed by atoms with Gasteiger partial charge in [0.15, 0.2) is 0 Å². The number of alkyl carbamates (subject to hydrolysis) is 1. The van der Waals surface area contributed by atoms with Crippen LogP contribution in [0.3, 0.4) is 0 Å². The topological polar surface area (TPSA) is 134 Å². The van der Waals surface area contributed by atoms with Gasteiger partial charge in [-0.1, -0.05) is 99.5 Å². The van der Waals surface area contributed by atoms with Crippen LogP contribution in [0.4, 0.5) is 4.79 Å². The fraction of sp³-hybridized carbons (Fsp3) is 0.515. The van der Waals surface area contributed by atoms with Crippen molar-refractivity contribution in [2.24, 2.45) is 11.8 Å². The summed E-state index contributed by atoms with van der Waals surface area (Å²) in [5.41, 5.74) is 0.618. The van der Waals surface area contributed by atoms with Gasteiger partial charge in [0.1, 0.15) is 18.2 Å². The summed E-state index contributed by atoms with van der Waals surface area (Å²) in [7, 11) is 0. The van der Waals surface area contributed by atoms with E-state index in [4.69, 9.17) is 27.9 Å². The van der Waals surface area contributed by atoms with Crippen LogP contribution < -0.4 is 16.0 Å². The lowest BCUT2D eigenvalue weighted by molar-refractivity contribution is -0.143. The molecule has 0 bridgehead atoms. The number of nitrogens with one attached hydrogen (secondary N) is 3. The highest BCUT2D eigenvalue weighted by molar-refractivity contribution is 6.31. The van der Waals surface area contributed by atoms with Crippen molar-refractivity contribution in [1.29, 1.82) is 0 Å². The Hall–Kier alpha value is -3.30. The highest BCUT2D eigenvalue weighted by Crippen LogP contribution is 2.42. The Labute approximate surface area is 268 Å². The molecule has 11 heteroatoms. The fourth-order valence-corrected chi connectivity index (χ4v) is 6.67. The van der Waals surface area contributed by atoms with Crippen LogP contribution >= 0.6 is 23.2 Å². The molecule has 4 atom stereocenters. The third-order valence-electron chi connectivity index (χ3n) is 8.84. The van der Waals surface area contributed by atoms with Gasteiger partial charge in [-0.25, -0.2) is 9.59 Å². The average Bonchev–Trinajstić information content (AvgIpc) is 3.40. The Morgan fingerprint density at radius 2 is 1.70 bits per heavy atom. The molecule has 0 aromatic heterocycles. The maximum Gasteiger partial charge on any atom is 0.408 e. The first-order chi connectivity index (χ1) is 21.0. The van der Waals surface area contributed by atoms with Crippen LogP contribution in [0.15, 0.2) is 48.5 Å². The van der Waals surface area contributed by atoms with Gasteiger partial charge in [0, 0.05) is 33.5 Å². The molecule has 4 N–H and O–H groups in total. The molecule has 2 aromatic carbocycles. The molecule has 4 rings (SSSR count). The standard InChI is InChI=1S/C33H41Cl2N3O6/c1-33(2,22-11-8-12-23(34)19-22)28(24-13-6-7-14-25(24)35)44-32(43)38-26(17-20-9-4-3-5-10-20)30(40)37-27(31(41)42)18-21-15-16-36-29(21)39/h6-8,11-14,19-21,26-28H,3-5,9-10,15-18H2,1-2H3,(H,36,39)(H,37,40)(H,38,43)(H,41,42)/t21?,26-,27-,28?/m0/s1. The first-order valence-electron chi connectivity index (χ1n) is 15.2. The number of rotatable bonds is 12. The van der Waals surface area contributed by atoms with Crippen molar-refractivity contribution in [2.45, 2.75) is 88.8 Å². The van der Waals surface area contributed by atoms with Crippen molar-refractivity contribution in [3.63, 3.8) is 0 Å². The van der Waals surface area contributed by atoms with Gasteiger partial charge >= 0.3 is 12.1 Å². The first kappa shape index (κ1) is 33.6. The van der Waals surface area contributed by atoms with Crippen molar-refractivity contribution in [2.75, 3.05) is 6.54 Å². The van der Waals surface area contributed by atoms with E-state index in [1.807, 2.05) is 32.0 Å². The monoisotopic (exact) mass is 645 g/mol. The Kier molecular flexibility index (Phi) is 11.5. The van der Waals surface area contributed by atoms with Crippen molar-refractivity contribution in [3.8, 4) is 0 Å². The number of ether oxygens (including phenoxy) is 1. The molecule has 3 amide bonds. The normalized spacial score (nSPS) is 19.4. The zero-order valence-corrected chi connectivity index (χ0v) is 26.6. The van der Waals surface area contributed by atoms with Gasteiger partial charge in [-0.3, -0.25) is 9.59 Å². The summed E-state index contributed by atoms with van der Waals surface area (Å²) in [6.07, 6.45) is 4.11. The summed E-state index contributed by atoms with van der Waals surface area (Å²) >= 11 is 12.9. The molecule has 9 nitrogen and oxygen atoms in total. The second kappa shape index (κ2) is 15.1. The number of hydrogen-bond donors (Lipinski definition) is 4. The average molecular weight is 647 g/mol. The lowest BCUT2D eigenvalue weighted by Crippen LogP contribution is -2.53. The van der Waals surface area contributed by atoms with Gasteiger partial charge in [0.05, 0.1) is 0 Å². The molecule has 2 fully saturated rings. The molecule has 1 aliphatic heterocycles. The maximum absolute atomic E-state index is 13.6. The van der Waals surface area contributed by atoms with E-state index < -0.39 is 47.5 Å². The van der Waals surface area contributed by atoms with Gasteiger partial charge in [-0.05, 0) is 48.9 Å². The summed E-state index contributed by atoms with van der Waals surface area (Å²) in [5.74, 6) is -2.40. The summed E-state index contributed by atoms with van der Waals surface area (Å²) in [4.78, 5) is 51.4. The number of carboxylic acids is 1. The number of carbonyl (C=O) groups is 4. The number of aliphatic carboxylic acids is 1. The second-order valence-electron chi connectivity index (χ2n) is 12.4. The van der Waals surface area contributed by atoms with E-state index in [9.17, 15) is 24.3 Å². The molecule has 1 aliphatic carbocycles. The highest BCUT2D eigenvalue weighted by Gasteiger charge is 2.39. The summed E-state index contributed by atoms with van der Waals surface area (Å²) in [6, 6.07) is 12.1. The molecule has 0 spiro atoms. The number of carboxylic acid groups (broad SMARTS) is 1. The van der Waals surface area contributed by atoms with Gasteiger partial charge < -0.3 is 25.8 Å². The predicted octanol–water partition coefficient (Wildman–Crippen LogP) is 6.17. The third kappa shape index (κ3) is 8.66. The number of carbonyl (C=O) groups excluding carboxylic acids is 3. The van der Waals surface area contributed by atoms with Crippen LogP contribution in [-0.2, 0) is 24.5 Å².